The van der Waals surface area contributed by atoms with Crippen LogP contribution in [0.5, 0.6) is 0 Å². The van der Waals surface area contributed by atoms with Gasteiger partial charge in [0.2, 0.25) is 0 Å². The highest BCUT2D eigenvalue weighted by Crippen LogP contribution is 2.50. The summed E-state index contributed by atoms with van der Waals surface area (Å²) in [5.74, 6) is 7.43. The molecule has 0 aromatic heterocycles. The van der Waals surface area contributed by atoms with Gasteiger partial charge in [-0.25, -0.2) is 0 Å². The van der Waals surface area contributed by atoms with Gasteiger partial charge in [-0.1, -0.05) is 57.4 Å². The zero-order valence-corrected chi connectivity index (χ0v) is 21.9. The first-order valence-corrected chi connectivity index (χ1v) is 13.8. The van der Waals surface area contributed by atoms with E-state index in [4.69, 9.17) is 0 Å². The Hall–Kier alpha value is -1.08. The third kappa shape index (κ3) is 9.59. The van der Waals surface area contributed by atoms with E-state index >= 15 is 0 Å². The van der Waals surface area contributed by atoms with Crippen LogP contribution in [0.4, 0.5) is 0 Å². The van der Waals surface area contributed by atoms with E-state index in [2.05, 4.69) is 42.7 Å². The van der Waals surface area contributed by atoms with Gasteiger partial charge >= 0.3 is 0 Å². The highest BCUT2D eigenvalue weighted by molar-refractivity contribution is 5.18. The summed E-state index contributed by atoms with van der Waals surface area (Å²) in [6.45, 7) is 12.2. The van der Waals surface area contributed by atoms with Gasteiger partial charge in [0.15, 0.2) is 0 Å². The Bertz CT molecular complexity index is 650. The molecule has 6 atom stereocenters. The van der Waals surface area contributed by atoms with Gasteiger partial charge < -0.3 is 15.1 Å². The monoisotopic (exact) mass is 457 g/mol. The van der Waals surface area contributed by atoms with E-state index in [-0.39, 0.29) is 17.9 Å². The quantitative estimate of drug-likeness (QED) is 0.171. The lowest BCUT2D eigenvalue weighted by molar-refractivity contribution is 0.137. The minimum atomic E-state index is -0.484. The van der Waals surface area contributed by atoms with Crippen molar-refractivity contribution in [1.29, 1.82) is 0 Å². The van der Waals surface area contributed by atoms with Crippen LogP contribution < -0.4 is 0 Å². The molecule has 2 fully saturated rings. The minimum Gasteiger partial charge on any atom is -0.392 e. The summed E-state index contributed by atoms with van der Waals surface area (Å²) in [6, 6.07) is 0. The Kier molecular flexibility index (Phi) is 13.4. The van der Waals surface area contributed by atoms with Crippen molar-refractivity contribution in [3.63, 3.8) is 0 Å². The molecule has 33 heavy (non-hydrogen) atoms. The molecule has 3 nitrogen and oxygen atoms in total. The fourth-order valence-electron chi connectivity index (χ4n) is 5.64. The Morgan fingerprint density at radius 1 is 1.06 bits per heavy atom. The van der Waals surface area contributed by atoms with Crippen molar-refractivity contribution < 1.29 is 10.2 Å². The average Bonchev–Trinajstić information content (AvgIpc) is 3.32. The third-order valence-corrected chi connectivity index (χ3v) is 7.84. The van der Waals surface area contributed by atoms with Crippen molar-refractivity contribution in [3.8, 4) is 11.8 Å². The van der Waals surface area contributed by atoms with E-state index in [0.717, 1.165) is 19.3 Å². The summed E-state index contributed by atoms with van der Waals surface area (Å²) in [5, 5.41) is 21.0. The first-order chi connectivity index (χ1) is 16.0. The number of unbranched alkanes of at least 4 members (excludes halogenated alkanes) is 4. The lowest BCUT2D eigenvalue weighted by Crippen LogP contribution is -2.27. The first kappa shape index (κ1) is 28.2. The zero-order chi connectivity index (χ0) is 24.1. The van der Waals surface area contributed by atoms with Crippen LogP contribution in [0.3, 0.4) is 0 Å². The molecule has 0 amide bonds. The van der Waals surface area contributed by atoms with E-state index in [1.807, 2.05) is 19.9 Å². The van der Waals surface area contributed by atoms with Gasteiger partial charge in [0.05, 0.1) is 12.2 Å². The summed E-state index contributed by atoms with van der Waals surface area (Å²) in [7, 11) is 0. The van der Waals surface area contributed by atoms with Crippen molar-refractivity contribution in [1.82, 2.24) is 4.90 Å². The molecule has 0 spiro atoms. The fourth-order valence-corrected chi connectivity index (χ4v) is 5.64. The second kappa shape index (κ2) is 15.8. The molecule has 2 aliphatic carbocycles. The molecular weight excluding hydrogens is 406 g/mol. The SMILES string of the molecule is CC#CC[C@@H](C)[C@H](O)C=C[C@@H]1[C@H]2CC(=CCCCCN(CCCC)CCCC)C[C@H]2C[C@H]1O. The van der Waals surface area contributed by atoms with E-state index in [1.165, 1.54) is 64.6 Å². The summed E-state index contributed by atoms with van der Waals surface area (Å²) >= 11 is 0. The molecule has 0 saturated heterocycles. The van der Waals surface area contributed by atoms with Gasteiger partial charge in [-0.15, -0.1) is 11.8 Å². The molecule has 2 rings (SSSR count). The van der Waals surface area contributed by atoms with Crippen LogP contribution in [0, 0.1) is 35.5 Å². The highest BCUT2D eigenvalue weighted by atomic mass is 16.3. The molecule has 0 aromatic rings. The number of nitrogens with zero attached hydrogens (tertiary/aromatic N) is 1. The number of allylic oxidation sites excluding steroid dienone is 2. The Balaban J connectivity index is 1.77. The molecule has 2 aliphatic rings. The molecule has 2 N–H and O–H groups in total. The third-order valence-electron chi connectivity index (χ3n) is 7.84. The lowest BCUT2D eigenvalue weighted by Gasteiger charge is -2.21. The van der Waals surface area contributed by atoms with Gasteiger partial charge in [-0.05, 0) is 95.7 Å². The standard InChI is InChI=1S/C30H51NO2/c1-5-8-14-24(4)29(32)17-16-27-28-22-25(21-26(28)23-30(27)33)15-12-11-13-20-31(18-9-6-2)19-10-7-3/h15-17,24,26-30,32-33H,6-7,9-14,18-23H2,1-4H3/t24-,26+,27-,28+,29-,30-/m1/s1. The first-order valence-electron chi connectivity index (χ1n) is 13.8. The number of hydrogen-bond acceptors (Lipinski definition) is 3. The molecule has 0 radical (unpaired) electrons. The van der Waals surface area contributed by atoms with Crippen molar-refractivity contribution in [2.75, 3.05) is 19.6 Å². The molecule has 0 heterocycles. The Labute approximate surface area is 204 Å². The summed E-state index contributed by atoms with van der Waals surface area (Å²) in [6.07, 6.45) is 18.7. The highest BCUT2D eigenvalue weighted by Gasteiger charge is 2.44. The normalized spacial score (nSPS) is 27.8. The predicted octanol–water partition coefficient (Wildman–Crippen LogP) is 6.36. The molecule has 0 aliphatic heterocycles. The van der Waals surface area contributed by atoms with Crippen LogP contribution in [0.15, 0.2) is 23.8 Å². The molecule has 0 aromatic carbocycles. The van der Waals surface area contributed by atoms with Crippen LogP contribution >= 0.6 is 0 Å². The predicted molar refractivity (Wildman–Crippen MR) is 141 cm³/mol. The maximum atomic E-state index is 10.6. The maximum Gasteiger partial charge on any atom is 0.0755 e. The van der Waals surface area contributed by atoms with Crippen LogP contribution in [0.2, 0.25) is 0 Å². The van der Waals surface area contributed by atoms with Gasteiger partial charge in [0.25, 0.3) is 0 Å². The number of hydrogen-bond donors (Lipinski definition) is 2. The minimum absolute atomic E-state index is 0.127. The molecule has 0 bridgehead atoms. The number of aliphatic hydroxyl groups excluding tert-OH is 2. The summed E-state index contributed by atoms with van der Waals surface area (Å²) < 4.78 is 0. The van der Waals surface area contributed by atoms with Crippen LogP contribution in [-0.2, 0) is 0 Å². The van der Waals surface area contributed by atoms with Crippen LogP contribution in [-0.4, -0.2) is 47.0 Å². The summed E-state index contributed by atoms with van der Waals surface area (Å²) in [4.78, 5) is 2.67. The molecule has 0 unspecified atom stereocenters. The summed E-state index contributed by atoms with van der Waals surface area (Å²) in [5.41, 5.74) is 1.61. The molecule has 3 heteroatoms. The largest absolute Gasteiger partial charge is 0.392 e. The molecule has 2 saturated carbocycles. The van der Waals surface area contributed by atoms with Gasteiger partial charge in [0.1, 0.15) is 0 Å². The topological polar surface area (TPSA) is 43.7 Å². The zero-order valence-electron chi connectivity index (χ0n) is 21.9. The van der Waals surface area contributed by atoms with Crippen molar-refractivity contribution in [2.45, 2.75) is 111 Å². The van der Waals surface area contributed by atoms with Crippen molar-refractivity contribution in [3.05, 3.63) is 23.8 Å². The van der Waals surface area contributed by atoms with Gasteiger partial charge in [0, 0.05) is 12.3 Å². The van der Waals surface area contributed by atoms with Crippen LogP contribution in [0.1, 0.15) is 98.3 Å². The van der Waals surface area contributed by atoms with E-state index in [0.29, 0.717) is 18.3 Å². The second-order valence-electron chi connectivity index (χ2n) is 10.6. The van der Waals surface area contributed by atoms with E-state index in [9.17, 15) is 10.2 Å². The second-order valence-corrected chi connectivity index (χ2v) is 10.6. The van der Waals surface area contributed by atoms with E-state index < -0.39 is 6.10 Å². The van der Waals surface area contributed by atoms with Crippen LogP contribution in [0.25, 0.3) is 0 Å². The average molecular weight is 458 g/mol. The molecular formula is C30H51NO2. The van der Waals surface area contributed by atoms with Gasteiger partial charge in [-0.2, -0.15) is 0 Å². The number of aliphatic hydroxyl groups is 2. The maximum absolute atomic E-state index is 10.6. The Morgan fingerprint density at radius 3 is 2.42 bits per heavy atom. The Morgan fingerprint density at radius 2 is 1.76 bits per heavy atom. The fraction of sp³-hybridized carbons (Fsp3) is 0.800. The van der Waals surface area contributed by atoms with E-state index in [1.54, 1.807) is 5.57 Å². The smallest absolute Gasteiger partial charge is 0.0755 e. The van der Waals surface area contributed by atoms with Crippen molar-refractivity contribution >= 4 is 0 Å². The van der Waals surface area contributed by atoms with Crippen molar-refractivity contribution in [2.24, 2.45) is 23.7 Å². The number of rotatable bonds is 15. The van der Waals surface area contributed by atoms with Gasteiger partial charge in [-0.3, -0.25) is 0 Å². The number of fused-ring (bicyclic) bond motifs is 1. The lowest BCUT2D eigenvalue weighted by atomic mass is 9.89. The molecule has 188 valence electrons.